The van der Waals surface area contributed by atoms with Crippen molar-refractivity contribution in [2.45, 2.75) is 18.5 Å². The zero-order valence-corrected chi connectivity index (χ0v) is 16.4. The zero-order chi connectivity index (χ0) is 19.2. The van der Waals surface area contributed by atoms with Gasteiger partial charge in [0.15, 0.2) is 11.0 Å². The Morgan fingerprint density at radius 3 is 2.67 bits per heavy atom. The largest absolute Gasteiger partial charge is 0.496 e. The van der Waals surface area contributed by atoms with Crippen molar-refractivity contribution >= 4 is 23.4 Å². The van der Waals surface area contributed by atoms with Crippen LogP contribution in [-0.4, -0.2) is 33.5 Å². The van der Waals surface area contributed by atoms with Crippen LogP contribution in [0.15, 0.2) is 53.7 Å². The van der Waals surface area contributed by atoms with Gasteiger partial charge in [-0.25, -0.2) is 0 Å². The average Bonchev–Trinajstić information content (AvgIpc) is 3.07. The van der Waals surface area contributed by atoms with Gasteiger partial charge in [-0.15, -0.1) is 10.2 Å². The van der Waals surface area contributed by atoms with E-state index in [1.165, 1.54) is 11.8 Å². The lowest BCUT2D eigenvalue weighted by Gasteiger charge is -2.10. The first-order valence-corrected chi connectivity index (χ1v) is 9.66. The molecule has 3 rings (SSSR count). The minimum absolute atomic E-state index is 0.0669. The molecule has 0 unspecified atom stereocenters. The maximum atomic E-state index is 12.3. The summed E-state index contributed by atoms with van der Waals surface area (Å²) in [6, 6.07) is 15.5. The van der Waals surface area contributed by atoms with E-state index >= 15 is 0 Å². The summed E-state index contributed by atoms with van der Waals surface area (Å²) in [6.45, 7) is 2.07. The number of hydrogen-bond acceptors (Lipinski definition) is 5. The van der Waals surface area contributed by atoms with Gasteiger partial charge < -0.3 is 14.6 Å². The Bertz CT molecular complexity index is 939. The summed E-state index contributed by atoms with van der Waals surface area (Å²) in [6.07, 6.45) is 0.870. The van der Waals surface area contributed by atoms with Gasteiger partial charge in [-0.2, -0.15) is 0 Å². The maximum Gasteiger partial charge on any atom is 0.234 e. The molecule has 0 saturated carbocycles. The van der Waals surface area contributed by atoms with Crippen LogP contribution in [0.2, 0.25) is 0 Å². The lowest BCUT2D eigenvalue weighted by Crippen LogP contribution is -2.15. The number of hydrogen-bond donors (Lipinski definition) is 1. The van der Waals surface area contributed by atoms with Gasteiger partial charge in [0.2, 0.25) is 5.91 Å². The predicted octanol–water partition coefficient (Wildman–Crippen LogP) is 3.78. The number of thioether (sulfide) groups is 1. The van der Waals surface area contributed by atoms with Gasteiger partial charge in [-0.05, 0) is 30.2 Å². The van der Waals surface area contributed by atoms with E-state index in [0.717, 1.165) is 29.0 Å². The number of carbonyl (C=O) groups is 1. The van der Waals surface area contributed by atoms with Gasteiger partial charge in [0.1, 0.15) is 5.75 Å². The quantitative estimate of drug-likeness (QED) is 0.630. The number of carbonyl (C=O) groups excluding carboxylic acids is 1. The number of amides is 1. The Balaban J connectivity index is 1.69. The molecule has 2 aromatic carbocycles. The molecule has 0 saturated heterocycles. The number of para-hydroxylation sites is 2. The third kappa shape index (κ3) is 4.31. The second-order valence-electron chi connectivity index (χ2n) is 5.91. The summed E-state index contributed by atoms with van der Waals surface area (Å²) >= 11 is 1.35. The minimum Gasteiger partial charge on any atom is -0.496 e. The molecule has 27 heavy (non-hydrogen) atoms. The van der Waals surface area contributed by atoms with E-state index in [0.29, 0.717) is 11.0 Å². The lowest BCUT2D eigenvalue weighted by atomic mass is 10.1. The Morgan fingerprint density at radius 1 is 1.15 bits per heavy atom. The summed E-state index contributed by atoms with van der Waals surface area (Å²) in [5.41, 5.74) is 2.84. The molecule has 1 N–H and O–H groups in total. The van der Waals surface area contributed by atoms with Crippen molar-refractivity contribution in [2.24, 2.45) is 7.05 Å². The van der Waals surface area contributed by atoms with E-state index in [2.05, 4.69) is 22.4 Å². The highest BCUT2D eigenvalue weighted by Gasteiger charge is 2.16. The summed E-state index contributed by atoms with van der Waals surface area (Å²) in [4.78, 5) is 12.3. The van der Waals surface area contributed by atoms with E-state index in [1.807, 2.05) is 60.1 Å². The topological polar surface area (TPSA) is 69.0 Å². The van der Waals surface area contributed by atoms with Crippen molar-refractivity contribution in [1.29, 1.82) is 0 Å². The van der Waals surface area contributed by atoms with E-state index in [4.69, 9.17) is 4.74 Å². The molecule has 0 fully saturated rings. The van der Waals surface area contributed by atoms with Gasteiger partial charge in [-0.1, -0.05) is 49.0 Å². The van der Waals surface area contributed by atoms with E-state index < -0.39 is 0 Å². The van der Waals surface area contributed by atoms with Crippen LogP contribution in [0, 0.1) is 0 Å². The van der Waals surface area contributed by atoms with E-state index in [1.54, 1.807) is 7.11 Å². The molecule has 140 valence electrons. The fourth-order valence-electron chi connectivity index (χ4n) is 2.77. The number of benzene rings is 2. The van der Waals surface area contributed by atoms with Crippen molar-refractivity contribution in [3.63, 3.8) is 0 Å². The first-order chi connectivity index (χ1) is 13.1. The van der Waals surface area contributed by atoms with Crippen molar-refractivity contribution in [3.05, 3.63) is 54.1 Å². The molecule has 0 aliphatic rings. The number of aryl methyl sites for hydroxylation is 1. The predicted molar refractivity (Wildman–Crippen MR) is 108 cm³/mol. The van der Waals surface area contributed by atoms with E-state index in [-0.39, 0.29) is 11.7 Å². The number of anilines is 1. The summed E-state index contributed by atoms with van der Waals surface area (Å²) in [5, 5.41) is 12.1. The van der Waals surface area contributed by atoms with Crippen LogP contribution in [0.5, 0.6) is 5.75 Å². The minimum atomic E-state index is -0.0669. The molecule has 0 aliphatic carbocycles. The highest BCUT2D eigenvalue weighted by Crippen LogP contribution is 2.30. The summed E-state index contributed by atoms with van der Waals surface area (Å²) in [7, 11) is 3.51. The fraction of sp³-hybridized carbons (Fsp3) is 0.250. The Hall–Kier alpha value is -2.80. The fourth-order valence-corrected chi connectivity index (χ4v) is 3.48. The molecule has 0 radical (unpaired) electrons. The highest BCUT2D eigenvalue weighted by atomic mass is 32.2. The number of ether oxygens (including phenoxy) is 1. The molecule has 1 heterocycles. The van der Waals surface area contributed by atoms with Crippen molar-refractivity contribution in [1.82, 2.24) is 14.8 Å². The molecule has 1 aromatic heterocycles. The van der Waals surface area contributed by atoms with Crippen LogP contribution >= 0.6 is 11.8 Å². The second kappa shape index (κ2) is 8.73. The first kappa shape index (κ1) is 19.0. The molecular formula is C20H22N4O2S. The van der Waals surface area contributed by atoms with Crippen LogP contribution in [0.3, 0.4) is 0 Å². The molecule has 3 aromatic rings. The molecule has 1 amide bonds. The number of nitrogens with zero attached hydrogens (tertiary/aromatic N) is 3. The normalized spacial score (nSPS) is 10.6. The first-order valence-electron chi connectivity index (χ1n) is 8.67. The number of aromatic nitrogens is 3. The van der Waals surface area contributed by atoms with Crippen molar-refractivity contribution in [2.75, 3.05) is 18.2 Å². The third-order valence-electron chi connectivity index (χ3n) is 4.19. The monoisotopic (exact) mass is 382 g/mol. The Kier molecular flexibility index (Phi) is 6.13. The molecule has 6 nitrogen and oxygen atoms in total. The molecule has 0 bridgehead atoms. The third-order valence-corrected chi connectivity index (χ3v) is 5.21. The number of nitrogens with one attached hydrogen (secondary N) is 1. The van der Waals surface area contributed by atoms with E-state index in [9.17, 15) is 4.79 Å². The molecule has 7 heteroatoms. The summed E-state index contributed by atoms with van der Waals surface area (Å²) < 4.78 is 7.27. The summed E-state index contributed by atoms with van der Waals surface area (Å²) in [5.74, 6) is 1.63. The Labute approximate surface area is 163 Å². The van der Waals surface area contributed by atoms with Crippen molar-refractivity contribution in [3.8, 4) is 17.1 Å². The van der Waals surface area contributed by atoms with Crippen LogP contribution in [0.25, 0.3) is 11.4 Å². The van der Waals surface area contributed by atoms with Crippen LogP contribution < -0.4 is 10.1 Å². The highest BCUT2D eigenvalue weighted by molar-refractivity contribution is 7.99. The SMILES string of the molecule is CCc1ccccc1NC(=O)CSc1nnc(-c2ccccc2OC)n1C. The number of rotatable bonds is 7. The van der Waals surface area contributed by atoms with Gasteiger partial charge in [0.05, 0.1) is 18.4 Å². The van der Waals surface area contributed by atoms with Crippen LogP contribution in [0.4, 0.5) is 5.69 Å². The van der Waals surface area contributed by atoms with Gasteiger partial charge in [0.25, 0.3) is 0 Å². The molecular weight excluding hydrogens is 360 g/mol. The zero-order valence-electron chi connectivity index (χ0n) is 15.6. The lowest BCUT2D eigenvalue weighted by molar-refractivity contribution is -0.113. The Morgan fingerprint density at radius 2 is 1.89 bits per heavy atom. The molecule has 0 aliphatic heterocycles. The van der Waals surface area contributed by atoms with Gasteiger partial charge >= 0.3 is 0 Å². The van der Waals surface area contributed by atoms with Crippen molar-refractivity contribution < 1.29 is 9.53 Å². The number of methoxy groups -OCH3 is 1. The molecule has 0 atom stereocenters. The smallest absolute Gasteiger partial charge is 0.234 e. The average molecular weight is 382 g/mol. The second-order valence-corrected chi connectivity index (χ2v) is 6.86. The van der Waals surface area contributed by atoms with Gasteiger partial charge in [-0.3, -0.25) is 4.79 Å². The van der Waals surface area contributed by atoms with Crippen LogP contribution in [0.1, 0.15) is 12.5 Å². The molecule has 0 spiro atoms. The van der Waals surface area contributed by atoms with Gasteiger partial charge in [0, 0.05) is 12.7 Å². The standard InChI is InChI=1S/C20H22N4O2S/c1-4-14-9-5-7-11-16(14)21-18(25)13-27-20-23-22-19(24(20)2)15-10-6-8-12-17(15)26-3/h5-12H,4,13H2,1-3H3,(H,21,25). The van der Waals surface area contributed by atoms with Crippen LogP contribution in [-0.2, 0) is 18.3 Å². The maximum absolute atomic E-state index is 12.3.